The van der Waals surface area contributed by atoms with Crippen LogP contribution in [0.3, 0.4) is 0 Å². The third kappa shape index (κ3) is 0.700. The summed E-state index contributed by atoms with van der Waals surface area (Å²) in [6.45, 7) is 2.38. The van der Waals surface area contributed by atoms with Crippen molar-refractivity contribution in [1.29, 1.82) is 0 Å². The molecule has 0 radical (unpaired) electrons. The molecule has 0 aromatic carbocycles. The van der Waals surface area contributed by atoms with Crippen molar-refractivity contribution in [2.24, 2.45) is 10.9 Å². The van der Waals surface area contributed by atoms with Crippen LogP contribution >= 0.6 is 0 Å². The highest BCUT2D eigenvalue weighted by molar-refractivity contribution is 5.88. The van der Waals surface area contributed by atoms with Gasteiger partial charge >= 0.3 is 0 Å². The largest absolute Gasteiger partial charge is 0.357 e. The maximum absolute atomic E-state index is 4.62. The topological polar surface area (TPSA) is 15.6 Å². The fraction of sp³-hybridized carbons (Fsp3) is 0.889. The average Bonchev–Trinajstić information content (AvgIpc) is 2.64. The van der Waals surface area contributed by atoms with E-state index >= 15 is 0 Å². The van der Waals surface area contributed by atoms with Crippen molar-refractivity contribution in [3.8, 4) is 0 Å². The van der Waals surface area contributed by atoms with Crippen molar-refractivity contribution >= 4 is 5.84 Å². The van der Waals surface area contributed by atoms with Crippen LogP contribution in [-0.2, 0) is 0 Å². The molecule has 3 aliphatic rings. The predicted octanol–water partition coefficient (Wildman–Crippen LogP) is 1.27. The lowest BCUT2D eigenvalue weighted by atomic mass is 10.1. The molecule has 2 bridgehead atoms. The van der Waals surface area contributed by atoms with Crippen molar-refractivity contribution in [2.75, 3.05) is 13.1 Å². The summed E-state index contributed by atoms with van der Waals surface area (Å²) in [6.07, 6.45) is 5.55. The number of piperidine rings is 1. The first kappa shape index (κ1) is 6.04. The molecule has 0 spiro atoms. The molecule has 60 valence electrons. The molecule has 2 aliphatic heterocycles. The molecule has 1 aliphatic carbocycles. The van der Waals surface area contributed by atoms with Gasteiger partial charge in [0.05, 0.1) is 0 Å². The van der Waals surface area contributed by atoms with Crippen LogP contribution in [0, 0.1) is 5.92 Å². The second kappa shape index (κ2) is 1.99. The molecule has 1 saturated heterocycles. The third-order valence-electron chi connectivity index (χ3n) is 3.34. The number of aliphatic imine (C=N–C) groups is 1. The van der Waals surface area contributed by atoms with Crippen LogP contribution < -0.4 is 0 Å². The van der Waals surface area contributed by atoms with Crippen molar-refractivity contribution in [2.45, 2.75) is 31.7 Å². The zero-order chi connectivity index (χ0) is 7.26. The SMILES string of the molecule is C1CN=C2C3CCC(C3)N2C1. The van der Waals surface area contributed by atoms with Gasteiger partial charge < -0.3 is 4.90 Å². The number of amidine groups is 1. The van der Waals surface area contributed by atoms with E-state index in [9.17, 15) is 0 Å². The summed E-state index contributed by atoms with van der Waals surface area (Å²) in [5.41, 5.74) is 0. The van der Waals surface area contributed by atoms with E-state index in [4.69, 9.17) is 0 Å². The second-order valence-electron chi connectivity index (χ2n) is 3.95. The Hall–Kier alpha value is -0.530. The van der Waals surface area contributed by atoms with Gasteiger partial charge in [-0.25, -0.2) is 0 Å². The summed E-state index contributed by atoms with van der Waals surface area (Å²) in [7, 11) is 0. The Bertz CT molecular complexity index is 210. The van der Waals surface area contributed by atoms with Gasteiger partial charge in [-0.2, -0.15) is 0 Å². The minimum Gasteiger partial charge on any atom is -0.357 e. The molecule has 2 nitrogen and oxygen atoms in total. The molecule has 2 unspecified atom stereocenters. The fourth-order valence-corrected chi connectivity index (χ4v) is 2.85. The van der Waals surface area contributed by atoms with Gasteiger partial charge in [-0.05, 0) is 25.7 Å². The lowest BCUT2D eigenvalue weighted by Gasteiger charge is -2.32. The van der Waals surface area contributed by atoms with Crippen molar-refractivity contribution in [3.63, 3.8) is 0 Å². The Morgan fingerprint density at radius 3 is 3.27 bits per heavy atom. The molecule has 0 N–H and O–H groups in total. The zero-order valence-electron chi connectivity index (χ0n) is 6.79. The lowest BCUT2D eigenvalue weighted by Crippen LogP contribution is -2.40. The zero-order valence-corrected chi connectivity index (χ0v) is 6.79. The fourth-order valence-electron chi connectivity index (χ4n) is 2.85. The van der Waals surface area contributed by atoms with Crippen LogP contribution in [0.1, 0.15) is 25.7 Å². The summed E-state index contributed by atoms with van der Waals surface area (Å²) >= 11 is 0. The van der Waals surface area contributed by atoms with Crippen LogP contribution in [0.2, 0.25) is 0 Å². The van der Waals surface area contributed by atoms with Gasteiger partial charge in [-0.1, -0.05) is 0 Å². The standard InChI is InChI=1S/C9H14N2/c1-4-10-9-7-2-3-8(6-7)11(9)5-1/h7-8H,1-6H2. The summed E-state index contributed by atoms with van der Waals surface area (Å²) < 4.78 is 0. The maximum Gasteiger partial charge on any atom is 0.102 e. The van der Waals surface area contributed by atoms with Crippen LogP contribution in [0.5, 0.6) is 0 Å². The quantitative estimate of drug-likeness (QED) is 0.508. The highest BCUT2D eigenvalue weighted by atomic mass is 15.3. The number of nitrogens with zero attached hydrogens (tertiary/aromatic N) is 2. The Morgan fingerprint density at radius 1 is 1.36 bits per heavy atom. The summed E-state index contributed by atoms with van der Waals surface area (Å²) in [4.78, 5) is 7.18. The molecule has 1 saturated carbocycles. The molecule has 0 aromatic rings. The van der Waals surface area contributed by atoms with E-state index in [1.54, 1.807) is 0 Å². The van der Waals surface area contributed by atoms with E-state index in [2.05, 4.69) is 9.89 Å². The smallest absolute Gasteiger partial charge is 0.102 e. The van der Waals surface area contributed by atoms with Gasteiger partial charge in [0.2, 0.25) is 0 Å². The van der Waals surface area contributed by atoms with Crippen LogP contribution in [0.25, 0.3) is 0 Å². The molecule has 11 heavy (non-hydrogen) atoms. The normalized spacial score (nSPS) is 40.7. The van der Waals surface area contributed by atoms with Gasteiger partial charge in [-0.15, -0.1) is 0 Å². The Kier molecular flexibility index (Phi) is 1.09. The third-order valence-corrected chi connectivity index (χ3v) is 3.34. The van der Waals surface area contributed by atoms with E-state index in [-0.39, 0.29) is 0 Å². The Morgan fingerprint density at radius 2 is 2.36 bits per heavy atom. The minimum atomic E-state index is 0.861. The first-order valence-electron chi connectivity index (χ1n) is 4.76. The molecular formula is C9H14N2. The average molecular weight is 150 g/mol. The number of fused-ring (bicyclic) bond motifs is 5. The molecular weight excluding hydrogens is 136 g/mol. The van der Waals surface area contributed by atoms with Crippen LogP contribution in [-0.4, -0.2) is 29.9 Å². The maximum atomic E-state index is 4.62. The monoisotopic (exact) mass is 150 g/mol. The van der Waals surface area contributed by atoms with E-state index in [1.807, 2.05) is 0 Å². The van der Waals surface area contributed by atoms with Gasteiger partial charge in [0.1, 0.15) is 5.84 Å². The molecule has 2 atom stereocenters. The first-order valence-corrected chi connectivity index (χ1v) is 4.76. The van der Waals surface area contributed by atoms with E-state index < -0.39 is 0 Å². The van der Waals surface area contributed by atoms with Crippen LogP contribution in [0.4, 0.5) is 0 Å². The predicted molar refractivity (Wildman–Crippen MR) is 44.8 cm³/mol. The molecule has 2 heteroatoms. The molecule has 3 rings (SSSR count). The Balaban J connectivity index is 1.98. The van der Waals surface area contributed by atoms with Crippen molar-refractivity contribution in [1.82, 2.24) is 4.90 Å². The molecule has 0 amide bonds. The highest BCUT2D eigenvalue weighted by Crippen LogP contribution is 2.40. The number of hydrogen-bond acceptors (Lipinski definition) is 2. The lowest BCUT2D eigenvalue weighted by molar-refractivity contribution is 0.312. The summed E-state index contributed by atoms with van der Waals surface area (Å²) in [6, 6.07) is 0.888. The molecule has 2 fully saturated rings. The molecule has 0 aromatic heterocycles. The van der Waals surface area contributed by atoms with Gasteiger partial charge in [0, 0.05) is 25.0 Å². The van der Waals surface area contributed by atoms with Gasteiger partial charge in [-0.3, -0.25) is 4.99 Å². The van der Waals surface area contributed by atoms with E-state index in [0.29, 0.717) is 0 Å². The first-order chi connectivity index (χ1) is 5.45. The minimum absolute atomic E-state index is 0.861. The molecule has 2 heterocycles. The van der Waals surface area contributed by atoms with Crippen molar-refractivity contribution < 1.29 is 0 Å². The highest BCUT2D eigenvalue weighted by Gasteiger charge is 2.42. The summed E-state index contributed by atoms with van der Waals surface area (Å²) in [5.74, 6) is 2.33. The van der Waals surface area contributed by atoms with E-state index in [1.165, 1.54) is 38.1 Å². The Labute approximate surface area is 67.3 Å². The van der Waals surface area contributed by atoms with Gasteiger partial charge in [0.15, 0.2) is 0 Å². The van der Waals surface area contributed by atoms with Gasteiger partial charge in [0.25, 0.3) is 0 Å². The number of hydrogen-bond donors (Lipinski definition) is 0. The second-order valence-corrected chi connectivity index (χ2v) is 3.95. The number of rotatable bonds is 0. The van der Waals surface area contributed by atoms with E-state index in [0.717, 1.165) is 18.5 Å². The summed E-state index contributed by atoms with van der Waals surface area (Å²) in [5, 5.41) is 0. The van der Waals surface area contributed by atoms with Crippen LogP contribution in [0.15, 0.2) is 4.99 Å². The van der Waals surface area contributed by atoms with Crippen molar-refractivity contribution in [3.05, 3.63) is 0 Å².